The molecule has 12 nitrogen and oxygen atoms in total. The minimum Gasteiger partial charge on any atom is -0.494 e. The summed E-state index contributed by atoms with van der Waals surface area (Å²) in [7, 11) is -2.43. The van der Waals surface area contributed by atoms with Gasteiger partial charge < -0.3 is 10.5 Å². The Bertz CT molecular complexity index is 2240. The summed E-state index contributed by atoms with van der Waals surface area (Å²) >= 11 is 6.41. The topological polar surface area (TPSA) is 168 Å². The van der Waals surface area contributed by atoms with Crippen molar-refractivity contribution in [2.75, 3.05) is 19.1 Å². The van der Waals surface area contributed by atoms with Crippen LogP contribution < -0.4 is 16.0 Å². The predicted molar refractivity (Wildman–Crippen MR) is 165 cm³/mol. The van der Waals surface area contributed by atoms with Crippen molar-refractivity contribution in [3.63, 3.8) is 0 Å². The second-order valence-electron chi connectivity index (χ2n) is 9.68. The number of para-hydroxylation sites is 1. The van der Waals surface area contributed by atoms with Crippen LogP contribution in [0.25, 0.3) is 38.9 Å². The molecule has 0 bridgehead atoms. The Labute approximate surface area is 259 Å². The van der Waals surface area contributed by atoms with E-state index in [4.69, 9.17) is 31.6 Å². The van der Waals surface area contributed by atoms with Crippen LogP contribution in [0.5, 0.6) is 5.75 Å². The first-order valence-electron chi connectivity index (χ1n) is 13.0. The van der Waals surface area contributed by atoms with Gasteiger partial charge in [-0.2, -0.15) is 17.9 Å². The van der Waals surface area contributed by atoms with Crippen LogP contribution in [0.3, 0.4) is 0 Å². The number of anilines is 1. The Balaban J connectivity index is 0.000000743. The van der Waals surface area contributed by atoms with Gasteiger partial charge in [-0.3, -0.25) is 13.9 Å². The monoisotopic (exact) mass is 655 g/mol. The highest BCUT2D eigenvalue weighted by Gasteiger charge is 2.28. The third kappa shape index (κ3) is 6.05. The van der Waals surface area contributed by atoms with Gasteiger partial charge in [0, 0.05) is 5.56 Å². The molecule has 0 aliphatic heterocycles. The van der Waals surface area contributed by atoms with Gasteiger partial charge in [0.15, 0.2) is 17.2 Å². The van der Waals surface area contributed by atoms with Crippen LogP contribution in [0.4, 0.5) is 14.6 Å². The maximum atomic E-state index is 15.2. The molecule has 6 rings (SSSR count). The molecule has 1 atom stereocenters. The molecule has 0 aliphatic carbocycles. The summed E-state index contributed by atoms with van der Waals surface area (Å²) in [6, 6.07) is 15.9. The average Bonchev–Trinajstić information content (AvgIpc) is 3.38. The van der Waals surface area contributed by atoms with Crippen molar-refractivity contribution in [1.82, 2.24) is 29.3 Å². The second kappa shape index (κ2) is 12.2. The Morgan fingerprint density at radius 1 is 1.00 bits per heavy atom. The van der Waals surface area contributed by atoms with Crippen LogP contribution in [0.1, 0.15) is 18.8 Å². The third-order valence-corrected chi connectivity index (χ3v) is 6.98. The van der Waals surface area contributed by atoms with E-state index in [0.717, 1.165) is 0 Å². The van der Waals surface area contributed by atoms with Gasteiger partial charge in [-0.15, -0.1) is 0 Å². The fourth-order valence-corrected chi connectivity index (χ4v) is 5.00. The van der Waals surface area contributed by atoms with Crippen LogP contribution in [0.15, 0.2) is 71.8 Å². The number of benzene rings is 3. The van der Waals surface area contributed by atoms with E-state index in [1.807, 2.05) is 6.07 Å². The van der Waals surface area contributed by atoms with E-state index in [-0.39, 0.29) is 49.8 Å². The maximum absolute atomic E-state index is 15.2. The lowest BCUT2D eigenvalue weighted by molar-refractivity contribution is 0.372. The van der Waals surface area contributed by atoms with Gasteiger partial charge in [-0.1, -0.05) is 35.9 Å². The molecule has 0 saturated heterocycles. The Kier molecular flexibility index (Phi) is 8.51. The number of ether oxygens (including phenoxy) is 1. The van der Waals surface area contributed by atoms with Crippen LogP contribution in [0.2, 0.25) is 5.02 Å². The third-order valence-electron chi connectivity index (χ3n) is 6.67. The first kappa shape index (κ1) is 31.4. The van der Waals surface area contributed by atoms with Gasteiger partial charge in [0.2, 0.25) is 5.82 Å². The maximum Gasteiger partial charge on any atom is 0.267 e. The first-order chi connectivity index (χ1) is 21.3. The summed E-state index contributed by atoms with van der Waals surface area (Å²) < 4.78 is 63.6. The van der Waals surface area contributed by atoms with Crippen molar-refractivity contribution in [3.05, 3.63) is 99.8 Å². The Hall–Kier alpha value is -4.99. The van der Waals surface area contributed by atoms with Crippen molar-refractivity contribution in [2.24, 2.45) is 0 Å². The number of nitrogens with two attached hydrogens (primary N) is 1. The van der Waals surface area contributed by atoms with Gasteiger partial charge >= 0.3 is 0 Å². The zero-order valence-corrected chi connectivity index (χ0v) is 25.4. The molecule has 6 aromatic rings. The molecular formula is C29H24ClF2N7O5S. The molecule has 0 unspecified atom stereocenters. The number of aromatic nitrogens is 6. The normalized spacial score (nSPS) is 12.2. The summed E-state index contributed by atoms with van der Waals surface area (Å²) in [5, 5.41) is 5.37. The fraction of sp³-hybridized carbons (Fsp3) is 0.138. The summed E-state index contributed by atoms with van der Waals surface area (Å²) in [4.78, 5) is 27.1. The minimum atomic E-state index is -3.67. The number of nitrogens with zero attached hydrogens (tertiary/aromatic N) is 6. The van der Waals surface area contributed by atoms with E-state index in [2.05, 4.69) is 15.1 Å². The summed E-state index contributed by atoms with van der Waals surface area (Å²) in [6.45, 7) is 1.76. The molecule has 0 radical (unpaired) electrons. The molecule has 45 heavy (non-hydrogen) atoms. The van der Waals surface area contributed by atoms with Crippen molar-refractivity contribution in [3.8, 4) is 22.7 Å². The van der Waals surface area contributed by atoms with Crippen molar-refractivity contribution in [2.45, 2.75) is 13.0 Å². The van der Waals surface area contributed by atoms with Gasteiger partial charge in [0.25, 0.3) is 15.7 Å². The minimum absolute atomic E-state index is 0.0211. The molecular weight excluding hydrogens is 632 g/mol. The van der Waals surface area contributed by atoms with E-state index >= 15 is 4.39 Å². The molecule has 16 heteroatoms. The van der Waals surface area contributed by atoms with Crippen LogP contribution in [-0.4, -0.2) is 55.6 Å². The van der Waals surface area contributed by atoms with Crippen molar-refractivity contribution in [1.29, 1.82) is 0 Å². The van der Waals surface area contributed by atoms with Crippen molar-refractivity contribution < 1.29 is 26.5 Å². The van der Waals surface area contributed by atoms with Crippen molar-refractivity contribution >= 4 is 49.5 Å². The smallest absolute Gasteiger partial charge is 0.267 e. The number of hydrogen-bond donors (Lipinski definition) is 2. The van der Waals surface area contributed by atoms with E-state index in [9.17, 15) is 17.6 Å². The summed E-state index contributed by atoms with van der Waals surface area (Å²) in [5.41, 5.74) is 6.87. The van der Waals surface area contributed by atoms with Gasteiger partial charge in [0.05, 0.1) is 40.4 Å². The number of fused-ring (bicyclic) bond motifs is 2. The molecule has 3 aromatic heterocycles. The molecule has 3 N–H and O–H groups in total. The highest BCUT2D eigenvalue weighted by atomic mass is 35.5. The largest absolute Gasteiger partial charge is 0.494 e. The number of halogens is 3. The fourth-order valence-electron chi connectivity index (χ4n) is 4.75. The van der Waals surface area contributed by atoms with Crippen LogP contribution in [0, 0.1) is 11.6 Å². The number of nitrogen functional groups attached to an aromatic ring is 1. The average molecular weight is 656 g/mol. The SMILES string of the molecule is COc1ccc(-c2nn([C@@H](C)c3nc4cccc(Cl)c4c(=O)n3-c3ccccc3)c3ncnc(N)c23)c(F)c1F.CS(=O)(=O)O. The Morgan fingerprint density at radius 2 is 1.69 bits per heavy atom. The van der Waals surface area contributed by atoms with E-state index < -0.39 is 27.8 Å². The van der Waals surface area contributed by atoms with Crippen LogP contribution in [-0.2, 0) is 10.1 Å². The summed E-state index contributed by atoms with van der Waals surface area (Å²) in [5.74, 6) is -2.26. The zero-order chi connectivity index (χ0) is 32.6. The summed E-state index contributed by atoms with van der Waals surface area (Å²) in [6.07, 6.45) is 1.96. The molecule has 3 aromatic carbocycles. The quantitative estimate of drug-likeness (QED) is 0.245. The number of hydrogen-bond acceptors (Lipinski definition) is 9. The molecule has 0 fully saturated rings. The molecule has 0 saturated carbocycles. The lowest BCUT2D eigenvalue weighted by Gasteiger charge is -2.19. The standard InChI is InChI=1S/C28H20ClF2N7O2.CH4O3S/c1-14(26-35-18-10-6-9-17(29)20(18)28(39)37(26)15-7-4-3-5-8-15)38-27-21(25(32)33-13-34-27)24(36-38)16-11-12-19(40-2)23(31)22(16)30;1-5(2,3)4/h3-14H,1-2H3,(H2,32,33,34);1H3,(H,2,3,4)/t14-;/m0./s1. The zero-order valence-electron chi connectivity index (χ0n) is 23.8. The molecule has 3 heterocycles. The van der Waals surface area contributed by atoms with Gasteiger partial charge in [0.1, 0.15) is 29.7 Å². The predicted octanol–water partition coefficient (Wildman–Crippen LogP) is 4.83. The van der Waals surface area contributed by atoms with Crippen LogP contribution >= 0.6 is 11.6 Å². The Morgan fingerprint density at radius 3 is 2.36 bits per heavy atom. The lowest BCUT2D eigenvalue weighted by atomic mass is 10.1. The first-order valence-corrected chi connectivity index (χ1v) is 15.2. The van der Waals surface area contributed by atoms with Gasteiger partial charge in [-0.05, 0) is 43.3 Å². The molecule has 232 valence electrons. The lowest BCUT2D eigenvalue weighted by Crippen LogP contribution is -2.27. The highest BCUT2D eigenvalue weighted by molar-refractivity contribution is 7.85. The number of rotatable bonds is 5. The number of methoxy groups -OCH3 is 1. The molecule has 0 aliphatic rings. The van der Waals surface area contributed by atoms with Gasteiger partial charge in [-0.25, -0.2) is 24.0 Å². The van der Waals surface area contributed by atoms with E-state index in [0.29, 0.717) is 23.3 Å². The second-order valence-corrected chi connectivity index (χ2v) is 11.6. The molecule has 0 amide bonds. The van der Waals surface area contributed by atoms with E-state index in [1.165, 1.54) is 34.8 Å². The molecule has 0 spiro atoms. The van der Waals surface area contributed by atoms with E-state index in [1.54, 1.807) is 49.4 Å². The highest BCUT2D eigenvalue weighted by Crippen LogP contribution is 2.36.